The number of ether oxygens (including phenoxy) is 1. The number of carbonyl (C=O) groups excluding carboxylic acids is 1. The van der Waals surface area contributed by atoms with Gasteiger partial charge in [-0.15, -0.1) is 0 Å². The van der Waals surface area contributed by atoms with Crippen LogP contribution in [0, 0.1) is 0 Å². The van der Waals surface area contributed by atoms with Crippen molar-refractivity contribution in [2.24, 2.45) is 0 Å². The molecule has 0 radical (unpaired) electrons. The molecule has 3 nitrogen and oxygen atoms in total. The Balaban J connectivity index is 2.29. The Morgan fingerprint density at radius 3 is 2.14 bits per heavy atom. The van der Waals surface area contributed by atoms with Gasteiger partial charge in [0.05, 0.1) is 0 Å². The van der Waals surface area contributed by atoms with E-state index < -0.39 is 5.60 Å². The Hall–Kier alpha value is -2.13. The van der Waals surface area contributed by atoms with E-state index in [2.05, 4.69) is 0 Å². The van der Waals surface area contributed by atoms with E-state index in [1.165, 1.54) is 6.92 Å². The Labute approximate surface area is 125 Å². The second-order valence-corrected chi connectivity index (χ2v) is 5.24. The molecule has 3 heteroatoms. The van der Waals surface area contributed by atoms with Crippen LogP contribution in [0.5, 0.6) is 0 Å². The van der Waals surface area contributed by atoms with Crippen molar-refractivity contribution in [2.45, 2.75) is 25.9 Å². The number of rotatable bonds is 5. The van der Waals surface area contributed by atoms with Gasteiger partial charge < -0.3 is 9.84 Å². The molecule has 0 aliphatic carbocycles. The fourth-order valence-electron chi connectivity index (χ4n) is 2.43. The Morgan fingerprint density at radius 1 is 1.05 bits per heavy atom. The summed E-state index contributed by atoms with van der Waals surface area (Å²) in [7, 11) is 0. The highest BCUT2D eigenvalue weighted by Crippen LogP contribution is 2.31. The molecule has 0 aliphatic rings. The van der Waals surface area contributed by atoms with E-state index in [4.69, 9.17) is 4.74 Å². The molecule has 0 aliphatic heterocycles. The first kappa shape index (κ1) is 15.3. The van der Waals surface area contributed by atoms with Gasteiger partial charge in [0, 0.05) is 20.0 Å². The standard InChI is InChI=1S/C18H20O3/c1-14(20)21-18(2,12-13-19)17-10-8-16(9-11-17)15-6-4-3-5-7-15/h3-11,19H,12-13H2,1-2H3. The first-order chi connectivity index (χ1) is 10.0. The maximum Gasteiger partial charge on any atom is 0.303 e. The molecule has 2 aromatic carbocycles. The number of aliphatic hydroxyl groups is 1. The van der Waals surface area contributed by atoms with Gasteiger partial charge >= 0.3 is 5.97 Å². The van der Waals surface area contributed by atoms with Gasteiger partial charge in [-0.1, -0.05) is 54.6 Å². The zero-order valence-electron chi connectivity index (χ0n) is 12.4. The van der Waals surface area contributed by atoms with Crippen molar-refractivity contribution in [3.8, 4) is 11.1 Å². The van der Waals surface area contributed by atoms with E-state index in [1.54, 1.807) is 0 Å². The molecular weight excluding hydrogens is 264 g/mol. The van der Waals surface area contributed by atoms with Crippen molar-refractivity contribution in [3.05, 3.63) is 60.2 Å². The first-order valence-corrected chi connectivity index (χ1v) is 7.01. The molecule has 0 bridgehead atoms. The Morgan fingerprint density at radius 2 is 1.62 bits per heavy atom. The minimum atomic E-state index is -0.796. The van der Waals surface area contributed by atoms with Crippen molar-refractivity contribution in [2.75, 3.05) is 6.61 Å². The highest BCUT2D eigenvalue weighted by Gasteiger charge is 2.29. The molecule has 1 atom stereocenters. The summed E-state index contributed by atoms with van der Waals surface area (Å²) in [6.07, 6.45) is 0.372. The molecule has 2 aromatic rings. The van der Waals surface area contributed by atoms with Gasteiger partial charge in [-0.2, -0.15) is 0 Å². The SMILES string of the molecule is CC(=O)OC(C)(CCO)c1ccc(-c2ccccc2)cc1. The molecule has 21 heavy (non-hydrogen) atoms. The normalized spacial score (nSPS) is 13.5. The van der Waals surface area contributed by atoms with E-state index in [0.717, 1.165) is 16.7 Å². The Bertz CT molecular complexity index is 590. The van der Waals surface area contributed by atoms with Crippen molar-refractivity contribution in [1.29, 1.82) is 0 Å². The second kappa shape index (κ2) is 6.55. The topological polar surface area (TPSA) is 46.5 Å². The van der Waals surface area contributed by atoms with Crippen LogP contribution in [-0.4, -0.2) is 17.7 Å². The zero-order valence-corrected chi connectivity index (χ0v) is 12.4. The van der Waals surface area contributed by atoms with Crippen molar-refractivity contribution in [1.82, 2.24) is 0 Å². The highest BCUT2D eigenvalue weighted by molar-refractivity contribution is 5.67. The molecule has 0 heterocycles. The third-order valence-corrected chi connectivity index (χ3v) is 3.56. The average molecular weight is 284 g/mol. The van der Waals surface area contributed by atoms with Crippen LogP contribution in [0.25, 0.3) is 11.1 Å². The molecule has 1 unspecified atom stereocenters. The summed E-state index contributed by atoms with van der Waals surface area (Å²) in [4.78, 5) is 11.3. The van der Waals surface area contributed by atoms with Crippen LogP contribution in [0.3, 0.4) is 0 Å². The third kappa shape index (κ3) is 3.70. The summed E-state index contributed by atoms with van der Waals surface area (Å²) < 4.78 is 5.41. The number of hydrogen-bond donors (Lipinski definition) is 1. The zero-order chi connectivity index (χ0) is 15.3. The van der Waals surface area contributed by atoms with Crippen LogP contribution in [-0.2, 0) is 15.1 Å². The lowest BCUT2D eigenvalue weighted by atomic mass is 9.91. The van der Waals surface area contributed by atoms with Gasteiger partial charge in [0.15, 0.2) is 0 Å². The van der Waals surface area contributed by atoms with Gasteiger partial charge in [0.2, 0.25) is 0 Å². The van der Waals surface area contributed by atoms with Crippen molar-refractivity contribution < 1.29 is 14.6 Å². The van der Waals surface area contributed by atoms with Crippen LogP contribution in [0.1, 0.15) is 25.8 Å². The molecule has 0 spiro atoms. The van der Waals surface area contributed by atoms with E-state index in [1.807, 2.05) is 61.5 Å². The van der Waals surface area contributed by atoms with Crippen LogP contribution in [0.4, 0.5) is 0 Å². The fourth-order valence-corrected chi connectivity index (χ4v) is 2.43. The predicted molar refractivity (Wildman–Crippen MR) is 82.7 cm³/mol. The molecule has 0 saturated carbocycles. The second-order valence-electron chi connectivity index (χ2n) is 5.24. The maximum atomic E-state index is 11.3. The van der Waals surface area contributed by atoms with E-state index in [0.29, 0.717) is 6.42 Å². The molecule has 0 aromatic heterocycles. The number of carbonyl (C=O) groups is 1. The smallest absolute Gasteiger partial charge is 0.303 e. The van der Waals surface area contributed by atoms with E-state index in [-0.39, 0.29) is 12.6 Å². The molecule has 0 amide bonds. The lowest BCUT2D eigenvalue weighted by Gasteiger charge is -2.29. The molecular formula is C18H20O3. The number of hydrogen-bond acceptors (Lipinski definition) is 3. The molecule has 2 rings (SSSR count). The van der Waals surface area contributed by atoms with Gasteiger partial charge in [0.25, 0.3) is 0 Å². The number of aliphatic hydroxyl groups excluding tert-OH is 1. The average Bonchev–Trinajstić information content (AvgIpc) is 2.48. The van der Waals surface area contributed by atoms with E-state index >= 15 is 0 Å². The molecule has 0 saturated heterocycles. The van der Waals surface area contributed by atoms with Crippen LogP contribution < -0.4 is 0 Å². The molecule has 110 valence electrons. The number of benzene rings is 2. The minimum absolute atomic E-state index is 0.0375. The summed E-state index contributed by atoms with van der Waals surface area (Å²) >= 11 is 0. The summed E-state index contributed by atoms with van der Waals surface area (Å²) in [6, 6.07) is 18.0. The summed E-state index contributed by atoms with van der Waals surface area (Å²) in [5, 5.41) is 9.22. The van der Waals surface area contributed by atoms with Gasteiger partial charge in [-0.3, -0.25) is 4.79 Å². The summed E-state index contributed by atoms with van der Waals surface area (Å²) in [6.45, 7) is 3.17. The van der Waals surface area contributed by atoms with Crippen molar-refractivity contribution in [3.63, 3.8) is 0 Å². The Kier molecular flexibility index (Phi) is 4.76. The predicted octanol–water partition coefficient (Wildman–Crippen LogP) is 3.51. The van der Waals surface area contributed by atoms with E-state index in [9.17, 15) is 9.90 Å². The van der Waals surface area contributed by atoms with Crippen LogP contribution in [0.2, 0.25) is 0 Å². The molecule has 1 N–H and O–H groups in total. The fraction of sp³-hybridized carbons (Fsp3) is 0.278. The quantitative estimate of drug-likeness (QED) is 0.855. The molecule has 0 fully saturated rings. The number of esters is 1. The van der Waals surface area contributed by atoms with Gasteiger partial charge in [-0.05, 0) is 23.6 Å². The highest BCUT2D eigenvalue weighted by atomic mass is 16.6. The maximum absolute atomic E-state index is 11.3. The largest absolute Gasteiger partial charge is 0.455 e. The monoisotopic (exact) mass is 284 g/mol. The summed E-state index contributed by atoms with van der Waals surface area (Å²) in [5.41, 5.74) is 2.33. The van der Waals surface area contributed by atoms with Crippen LogP contribution in [0.15, 0.2) is 54.6 Å². The minimum Gasteiger partial charge on any atom is -0.455 e. The third-order valence-electron chi connectivity index (χ3n) is 3.56. The van der Waals surface area contributed by atoms with Crippen molar-refractivity contribution >= 4 is 5.97 Å². The van der Waals surface area contributed by atoms with Gasteiger partial charge in [-0.25, -0.2) is 0 Å². The lowest BCUT2D eigenvalue weighted by Crippen LogP contribution is -2.29. The van der Waals surface area contributed by atoms with Gasteiger partial charge in [0.1, 0.15) is 5.60 Å². The lowest BCUT2D eigenvalue weighted by molar-refractivity contribution is -0.158. The first-order valence-electron chi connectivity index (χ1n) is 7.01. The van der Waals surface area contributed by atoms with Crippen LogP contribution >= 0.6 is 0 Å². The summed E-state index contributed by atoms with van der Waals surface area (Å²) in [5.74, 6) is -0.349.